The number of halogens is 3. The van der Waals surface area contributed by atoms with Gasteiger partial charge in [-0.3, -0.25) is 14.9 Å². The molecule has 1 N–H and O–H groups in total. The first-order chi connectivity index (χ1) is 18.1. The summed E-state index contributed by atoms with van der Waals surface area (Å²) in [6.07, 6.45) is -3.08. The number of anilines is 1. The maximum atomic E-state index is 13.0. The van der Waals surface area contributed by atoms with Gasteiger partial charge in [-0.15, -0.1) is 0 Å². The smallest absolute Gasteiger partial charge is 0.416 e. The number of benzene rings is 3. The molecule has 1 heterocycles. The van der Waals surface area contributed by atoms with Crippen molar-refractivity contribution in [1.29, 1.82) is 0 Å². The maximum Gasteiger partial charge on any atom is 0.416 e. The molecule has 0 aliphatic rings. The summed E-state index contributed by atoms with van der Waals surface area (Å²) in [5.74, 6) is 0.205. The average Bonchev–Trinajstić information content (AvgIpc) is 3.37. The Labute approximate surface area is 213 Å². The van der Waals surface area contributed by atoms with E-state index in [0.29, 0.717) is 11.5 Å². The molecule has 4 aromatic rings. The summed E-state index contributed by atoms with van der Waals surface area (Å²) in [6, 6.07) is 15.7. The van der Waals surface area contributed by atoms with Crippen molar-refractivity contribution >= 4 is 17.3 Å². The summed E-state index contributed by atoms with van der Waals surface area (Å²) >= 11 is 0. The van der Waals surface area contributed by atoms with E-state index >= 15 is 0 Å². The van der Waals surface area contributed by atoms with Crippen LogP contribution in [-0.4, -0.2) is 27.7 Å². The van der Waals surface area contributed by atoms with Gasteiger partial charge in [0.2, 0.25) is 0 Å². The molecule has 1 aromatic heterocycles. The summed E-state index contributed by atoms with van der Waals surface area (Å²) in [5, 5.41) is 18.0. The van der Waals surface area contributed by atoms with Crippen LogP contribution in [0.3, 0.4) is 0 Å². The van der Waals surface area contributed by atoms with Crippen LogP contribution in [0.4, 0.5) is 24.5 Å². The Morgan fingerprint density at radius 1 is 1.00 bits per heavy atom. The molecule has 0 unspecified atom stereocenters. The number of methoxy groups -OCH3 is 1. The molecule has 10 nitrogen and oxygen atoms in total. The molecule has 0 aliphatic carbocycles. The number of hydrogen-bond donors (Lipinski definition) is 1. The zero-order chi connectivity index (χ0) is 27.3. The van der Waals surface area contributed by atoms with Crippen LogP contribution in [-0.2, 0) is 12.9 Å². The van der Waals surface area contributed by atoms with Gasteiger partial charge in [0, 0.05) is 18.3 Å². The molecule has 4 rings (SSSR count). The molecule has 196 valence electrons. The SMILES string of the molecule is COc1ccc(OCn2ccc(C(=O)Nc3cc(Oc4cccc(C(F)(F)F)c4)cc([N+](=O)[O-])c3)n2)cc1. The number of nitrogens with one attached hydrogen (secondary N) is 1. The first kappa shape index (κ1) is 26.0. The van der Waals surface area contributed by atoms with Crippen molar-refractivity contribution in [3.63, 3.8) is 0 Å². The van der Waals surface area contributed by atoms with E-state index in [1.165, 1.54) is 29.1 Å². The van der Waals surface area contributed by atoms with E-state index in [0.717, 1.165) is 30.3 Å². The van der Waals surface area contributed by atoms with Crippen molar-refractivity contribution in [2.75, 3.05) is 12.4 Å². The number of rotatable bonds is 9. The zero-order valence-corrected chi connectivity index (χ0v) is 19.6. The second-order valence-electron chi connectivity index (χ2n) is 7.74. The highest BCUT2D eigenvalue weighted by Gasteiger charge is 2.30. The van der Waals surface area contributed by atoms with Gasteiger partial charge in [-0.2, -0.15) is 18.3 Å². The van der Waals surface area contributed by atoms with Gasteiger partial charge in [-0.25, -0.2) is 4.68 Å². The monoisotopic (exact) mass is 528 g/mol. The summed E-state index contributed by atoms with van der Waals surface area (Å²) < 4.78 is 56.5. The third-order valence-electron chi connectivity index (χ3n) is 5.05. The van der Waals surface area contributed by atoms with E-state index in [-0.39, 0.29) is 29.6 Å². The number of nitrogens with zero attached hydrogens (tertiary/aromatic N) is 3. The van der Waals surface area contributed by atoms with Crippen LogP contribution in [0.1, 0.15) is 16.1 Å². The van der Waals surface area contributed by atoms with Crippen LogP contribution in [0.5, 0.6) is 23.0 Å². The van der Waals surface area contributed by atoms with Gasteiger partial charge in [-0.1, -0.05) is 6.07 Å². The quantitative estimate of drug-likeness (QED) is 0.212. The van der Waals surface area contributed by atoms with Crippen LogP contribution in [0, 0.1) is 10.1 Å². The largest absolute Gasteiger partial charge is 0.497 e. The molecular weight excluding hydrogens is 509 g/mol. The van der Waals surface area contributed by atoms with Gasteiger partial charge in [0.05, 0.1) is 29.4 Å². The lowest BCUT2D eigenvalue weighted by atomic mass is 10.2. The number of non-ortho nitro benzene ring substituents is 1. The van der Waals surface area contributed by atoms with Crippen LogP contribution < -0.4 is 19.5 Å². The van der Waals surface area contributed by atoms with Gasteiger partial charge in [0.25, 0.3) is 11.6 Å². The van der Waals surface area contributed by atoms with E-state index < -0.39 is 28.3 Å². The third-order valence-corrected chi connectivity index (χ3v) is 5.05. The molecule has 0 atom stereocenters. The fourth-order valence-corrected chi connectivity index (χ4v) is 3.25. The molecule has 0 saturated heterocycles. The average molecular weight is 528 g/mol. The number of amides is 1. The van der Waals surface area contributed by atoms with Crippen LogP contribution in [0.15, 0.2) is 79.0 Å². The predicted molar refractivity (Wildman–Crippen MR) is 128 cm³/mol. The minimum Gasteiger partial charge on any atom is -0.497 e. The Balaban J connectivity index is 1.46. The molecule has 3 aromatic carbocycles. The highest BCUT2D eigenvalue weighted by molar-refractivity contribution is 6.03. The molecular formula is C25H19F3N4O6. The Morgan fingerprint density at radius 2 is 1.74 bits per heavy atom. The minimum atomic E-state index is -4.59. The van der Waals surface area contributed by atoms with Gasteiger partial charge >= 0.3 is 6.18 Å². The number of aromatic nitrogens is 2. The fourth-order valence-electron chi connectivity index (χ4n) is 3.25. The lowest BCUT2D eigenvalue weighted by molar-refractivity contribution is -0.384. The number of nitro groups is 1. The summed E-state index contributed by atoms with van der Waals surface area (Å²) in [6.45, 7) is 0.00535. The standard InChI is InChI=1S/C25H19F3N4O6/c1-36-19-5-7-20(8-6-19)37-15-31-10-9-23(30-31)24(33)29-17-12-18(32(34)35)14-22(13-17)38-21-4-2-3-16(11-21)25(26,27)28/h2-14H,15H2,1H3,(H,29,33). The minimum absolute atomic E-state index is 0.00446. The number of alkyl halides is 3. The van der Waals surface area contributed by atoms with E-state index in [4.69, 9.17) is 14.2 Å². The lowest BCUT2D eigenvalue weighted by Gasteiger charge is -2.11. The van der Waals surface area contributed by atoms with Crippen molar-refractivity contribution in [2.24, 2.45) is 0 Å². The van der Waals surface area contributed by atoms with Gasteiger partial charge < -0.3 is 19.5 Å². The number of carbonyl (C=O) groups excluding carboxylic acids is 1. The Bertz CT molecular complexity index is 1450. The van der Waals surface area contributed by atoms with E-state index in [9.17, 15) is 28.1 Å². The van der Waals surface area contributed by atoms with Crippen molar-refractivity contribution < 1.29 is 37.1 Å². The fraction of sp³-hybridized carbons (Fsp3) is 0.120. The zero-order valence-electron chi connectivity index (χ0n) is 19.6. The Hall–Kier alpha value is -5.07. The van der Waals surface area contributed by atoms with Crippen LogP contribution in [0.25, 0.3) is 0 Å². The molecule has 13 heteroatoms. The molecule has 0 fully saturated rings. The van der Waals surface area contributed by atoms with E-state index in [2.05, 4.69) is 10.4 Å². The van der Waals surface area contributed by atoms with Crippen molar-refractivity contribution in [3.8, 4) is 23.0 Å². The molecule has 0 aliphatic heterocycles. The van der Waals surface area contributed by atoms with Crippen LogP contribution >= 0.6 is 0 Å². The molecule has 0 bridgehead atoms. The van der Waals surface area contributed by atoms with Crippen molar-refractivity contribution in [3.05, 3.63) is 100 Å². The van der Waals surface area contributed by atoms with Crippen LogP contribution in [0.2, 0.25) is 0 Å². The lowest BCUT2D eigenvalue weighted by Crippen LogP contribution is -2.14. The second kappa shape index (κ2) is 10.9. The first-order valence-electron chi connectivity index (χ1n) is 10.9. The van der Waals surface area contributed by atoms with E-state index in [1.54, 1.807) is 31.4 Å². The van der Waals surface area contributed by atoms with Gasteiger partial charge in [0.15, 0.2) is 12.4 Å². The second-order valence-corrected chi connectivity index (χ2v) is 7.74. The third kappa shape index (κ3) is 6.57. The molecule has 0 radical (unpaired) electrons. The molecule has 0 saturated carbocycles. The number of hydrogen-bond acceptors (Lipinski definition) is 7. The topological polar surface area (TPSA) is 118 Å². The molecule has 1 amide bonds. The number of carbonyl (C=O) groups is 1. The highest BCUT2D eigenvalue weighted by Crippen LogP contribution is 2.34. The first-order valence-corrected chi connectivity index (χ1v) is 10.9. The number of nitro benzene ring substituents is 1. The summed E-state index contributed by atoms with van der Waals surface area (Å²) in [5.41, 5.74) is -1.41. The maximum absolute atomic E-state index is 13.0. The molecule has 38 heavy (non-hydrogen) atoms. The highest BCUT2D eigenvalue weighted by atomic mass is 19.4. The molecule has 0 spiro atoms. The van der Waals surface area contributed by atoms with Crippen molar-refractivity contribution in [2.45, 2.75) is 12.9 Å². The Kier molecular flexibility index (Phi) is 7.46. The normalized spacial score (nSPS) is 11.1. The number of ether oxygens (including phenoxy) is 3. The Morgan fingerprint density at radius 3 is 2.42 bits per heavy atom. The predicted octanol–water partition coefficient (Wildman–Crippen LogP) is 5.90. The van der Waals surface area contributed by atoms with Gasteiger partial charge in [0.1, 0.15) is 23.0 Å². The van der Waals surface area contributed by atoms with Gasteiger partial charge in [-0.05, 0) is 48.5 Å². The summed E-state index contributed by atoms with van der Waals surface area (Å²) in [7, 11) is 1.55. The summed E-state index contributed by atoms with van der Waals surface area (Å²) in [4.78, 5) is 23.4. The van der Waals surface area contributed by atoms with Crippen molar-refractivity contribution in [1.82, 2.24) is 9.78 Å². The van der Waals surface area contributed by atoms with E-state index in [1.807, 2.05) is 0 Å².